The highest BCUT2D eigenvalue weighted by atomic mass is 16.5. The van der Waals surface area contributed by atoms with Crippen LogP contribution in [-0.4, -0.2) is 11.8 Å². The lowest BCUT2D eigenvalue weighted by Gasteiger charge is -2.13. The fourth-order valence-corrected chi connectivity index (χ4v) is 1.68. The Balaban J connectivity index is 2.04. The Hall–Kier alpha value is -2.36. The van der Waals surface area contributed by atoms with E-state index in [4.69, 9.17) is 15.9 Å². The summed E-state index contributed by atoms with van der Waals surface area (Å²) < 4.78 is 5.27. The molecule has 0 unspecified atom stereocenters. The highest BCUT2D eigenvalue weighted by Crippen LogP contribution is 2.20. The van der Waals surface area contributed by atoms with Crippen molar-refractivity contribution in [1.82, 2.24) is 0 Å². The molecule has 1 aliphatic carbocycles. The van der Waals surface area contributed by atoms with E-state index in [0.29, 0.717) is 24.2 Å². The van der Waals surface area contributed by atoms with Crippen molar-refractivity contribution >= 4 is 11.8 Å². The molecule has 0 spiro atoms. The van der Waals surface area contributed by atoms with Gasteiger partial charge < -0.3 is 10.5 Å². The predicted octanol–water partition coefficient (Wildman–Crippen LogP) is 2.38. The minimum Gasteiger partial charge on any atom is -0.427 e. The zero-order chi connectivity index (χ0) is 13.0. The molecule has 18 heavy (non-hydrogen) atoms. The van der Waals surface area contributed by atoms with Gasteiger partial charge in [0.2, 0.25) is 0 Å². The van der Waals surface area contributed by atoms with E-state index in [-0.39, 0.29) is 11.8 Å². The molecule has 0 bridgehead atoms. The van der Waals surface area contributed by atoms with Crippen LogP contribution in [0.3, 0.4) is 0 Å². The molecular weight excluding hydrogens is 228 g/mol. The van der Waals surface area contributed by atoms with E-state index in [1.807, 2.05) is 6.07 Å². The van der Waals surface area contributed by atoms with Crippen molar-refractivity contribution < 1.29 is 9.53 Å². The van der Waals surface area contributed by atoms with Gasteiger partial charge in [-0.3, -0.25) is 5.41 Å². The Morgan fingerprint density at radius 2 is 1.89 bits per heavy atom. The quantitative estimate of drug-likeness (QED) is 0.485. The third-order valence-electron chi connectivity index (χ3n) is 2.69. The second-order valence-electron chi connectivity index (χ2n) is 3.99. The van der Waals surface area contributed by atoms with E-state index in [0.717, 1.165) is 5.57 Å². The summed E-state index contributed by atoms with van der Waals surface area (Å²) in [6, 6.07) is 8.85. The molecule has 0 atom stereocenters. The van der Waals surface area contributed by atoms with Gasteiger partial charge in [-0.2, -0.15) is 0 Å². The van der Waals surface area contributed by atoms with Gasteiger partial charge in [-0.05, 0) is 30.2 Å². The number of allylic oxidation sites excluding steroid dienone is 3. The first-order valence-corrected chi connectivity index (χ1v) is 5.68. The van der Waals surface area contributed by atoms with Crippen molar-refractivity contribution in [3.8, 4) is 0 Å². The van der Waals surface area contributed by atoms with E-state index in [9.17, 15) is 4.79 Å². The number of carbonyl (C=O) groups is 1. The maximum Gasteiger partial charge on any atom is 0.343 e. The minimum atomic E-state index is -0.360. The molecule has 4 nitrogen and oxygen atoms in total. The molecule has 0 fully saturated rings. The first kappa shape index (κ1) is 12.1. The lowest BCUT2D eigenvalue weighted by molar-refractivity contribution is 0.0613. The van der Waals surface area contributed by atoms with Crippen molar-refractivity contribution in [1.29, 1.82) is 5.41 Å². The number of amidine groups is 1. The predicted molar refractivity (Wildman–Crippen MR) is 69.2 cm³/mol. The number of nitrogens with two attached hydrogens (primary N) is 1. The summed E-state index contributed by atoms with van der Waals surface area (Å²) in [5, 5.41) is 7.30. The molecule has 0 saturated heterocycles. The summed E-state index contributed by atoms with van der Waals surface area (Å²) in [5.41, 5.74) is 6.68. The largest absolute Gasteiger partial charge is 0.427 e. The van der Waals surface area contributed by atoms with Crippen molar-refractivity contribution in [2.24, 2.45) is 5.73 Å². The molecule has 0 aliphatic heterocycles. The molecule has 0 aromatic heterocycles. The molecule has 3 N–H and O–H groups in total. The highest BCUT2D eigenvalue weighted by molar-refractivity contribution is 5.95. The summed E-state index contributed by atoms with van der Waals surface area (Å²) >= 11 is 0. The Kier molecular flexibility index (Phi) is 3.57. The molecule has 0 heterocycles. The van der Waals surface area contributed by atoms with E-state index in [1.54, 1.807) is 36.4 Å². The first-order valence-electron chi connectivity index (χ1n) is 5.68. The molecule has 2 rings (SSSR count). The molecule has 0 radical (unpaired) electrons. The highest BCUT2D eigenvalue weighted by Gasteiger charge is 2.13. The van der Waals surface area contributed by atoms with Gasteiger partial charge in [-0.1, -0.05) is 24.3 Å². The van der Waals surface area contributed by atoms with Crippen LogP contribution in [-0.2, 0) is 4.74 Å². The van der Waals surface area contributed by atoms with Crippen LogP contribution in [0.4, 0.5) is 0 Å². The third-order valence-corrected chi connectivity index (χ3v) is 2.69. The van der Waals surface area contributed by atoms with Crippen molar-refractivity contribution in [2.75, 3.05) is 0 Å². The number of ether oxygens (including phenoxy) is 1. The Bertz CT molecular complexity index is 530. The minimum absolute atomic E-state index is 0.0692. The van der Waals surface area contributed by atoms with Gasteiger partial charge in [-0.25, -0.2) is 4.79 Å². The fourth-order valence-electron chi connectivity index (χ4n) is 1.68. The number of benzene rings is 1. The smallest absolute Gasteiger partial charge is 0.343 e. The monoisotopic (exact) mass is 242 g/mol. The van der Waals surface area contributed by atoms with E-state index in [1.165, 1.54) is 0 Å². The normalized spacial score (nSPS) is 14.4. The lowest BCUT2D eigenvalue weighted by Crippen LogP contribution is -2.15. The molecule has 92 valence electrons. The van der Waals surface area contributed by atoms with E-state index < -0.39 is 0 Å². The van der Waals surface area contributed by atoms with Crippen LogP contribution in [0.15, 0.2) is 53.8 Å². The summed E-state index contributed by atoms with van der Waals surface area (Å²) in [5.74, 6) is 0.315. The molecule has 4 heteroatoms. The van der Waals surface area contributed by atoms with Crippen LogP contribution >= 0.6 is 0 Å². The summed E-state index contributed by atoms with van der Waals surface area (Å²) in [7, 11) is 0. The van der Waals surface area contributed by atoms with Crippen LogP contribution in [0.2, 0.25) is 0 Å². The van der Waals surface area contributed by atoms with Crippen molar-refractivity contribution in [2.45, 2.75) is 12.8 Å². The molecule has 1 aromatic carbocycles. The second kappa shape index (κ2) is 5.31. The number of hydrogen-bond acceptors (Lipinski definition) is 3. The number of carbonyl (C=O) groups excluding carboxylic acids is 1. The van der Waals surface area contributed by atoms with Crippen LogP contribution in [0.25, 0.3) is 0 Å². The molecule has 0 saturated carbocycles. The average Bonchev–Trinajstić information content (AvgIpc) is 2.40. The summed E-state index contributed by atoms with van der Waals surface area (Å²) in [6.45, 7) is 0. The topological polar surface area (TPSA) is 76.2 Å². The van der Waals surface area contributed by atoms with Gasteiger partial charge in [-0.15, -0.1) is 0 Å². The average molecular weight is 242 g/mol. The fraction of sp³-hybridized carbons (Fsp3) is 0.143. The van der Waals surface area contributed by atoms with E-state index in [2.05, 4.69) is 0 Å². The van der Waals surface area contributed by atoms with Crippen LogP contribution < -0.4 is 5.73 Å². The number of esters is 1. The van der Waals surface area contributed by atoms with Gasteiger partial charge in [0, 0.05) is 6.42 Å². The lowest BCUT2D eigenvalue weighted by atomic mass is 10.0. The van der Waals surface area contributed by atoms with Gasteiger partial charge in [0.15, 0.2) is 0 Å². The molecule has 1 aliphatic rings. The van der Waals surface area contributed by atoms with Crippen LogP contribution in [0.5, 0.6) is 0 Å². The Labute approximate surface area is 105 Å². The number of rotatable bonds is 3. The van der Waals surface area contributed by atoms with Gasteiger partial charge in [0.25, 0.3) is 0 Å². The van der Waals surface area contributed by atoms with Crippen LogP contribution in [0, 0.1) is 5.41 Å². The Morgan fingerprint density at radius 1 is 1.17 bits per heavy atom. The number of hydrogen-bond donors (Lipinski definition) is 2. The molecule has 1 aromatic rings. The van der Waals surface area contributed by atoms with Crippen LogP contribution in [0.1, 0.15) is 23.2 Å². The molecule has 0 amide bonds. The summed E-state index contributed by atoms with van der Waals surface area (Å²) in [6.07, 6.45) is 4.63. The standard InChI is InChI=1S/C14H14N2O2/c15-13(16)10-6-8-12(9-7-10)18-14(17)11-4-2-1-3-5-11/h1-6,8H,7,9H2,(H3,15,16). The molecular formula is C14H14N2O2. The SMILES string of the molecule is N=C(N)C1=CC=C(OC(=O)c2ccccc2)CC1. The van der Waals surface area contributed by atoms with Gasteiger partial charge in [0.05, 0.1) is 5.56 Å². The van der Waals surface area contributed by atoms with Crippen molar-refractivity contribution in [3.05, 3.63) is 59.4 Å². The maximum absolute atomic E-state index is 11.8. The second-order valence-corrected chi connectivity index (χ2v) is 3.99. The number of nitrogens with one attached hydrogen (secondary N) is 1. The van der Waals surface area contributed by atoms with E-state index >= 15 is 0 Å². The first-order chi connectivity index (χ1) is 8.66. The summed E-state index contributed by atoms with van der Waals surface area (Å²) in [4.78, 5) is 11.8. The zero-order valence-electron chi connectivity index (χ0n) is 9.85. The zero-order valence-corrected chi connectivity index (χ0v) is 9.85. The maximum atomic E-state index is 11.8. The van der Waals surface area contributed by atoms with Crippen molar-refractivity contribution in [3.63, 3.8) is 0 Å². The Morgan fingerprint density at radius 3 is 2.44 bits per heavy atom. The third kappa shape index (κ3) is 2.85. The van der Waals surface area contributed by atoms with Gasteiger partial charge in [0.1, 0.15) is 11.6 Å². The van der Waals surface area contributed by atoms with Gasteiger partial charge >= 0.3 is 5.97 Å².